The van der Waals surface area contributed by atoms with Gasteiger partial charge in [-0.1, -0.05) is 17.6 Å². The Hall–Kier alpha value is -0.700. The molecule has 0 bridgehead atoms. The molecule has 0 fully saturated rings. The van der Waals surface area contributed by atoms with E-state index >= 15 is 0 Å². The van der Waals surface area contributed by atoms with Crippen molar-refractivity contribution in [2.45, 2.75) is 25.7 Å². The van der Waals surface area contributed by atoms with Gasteiger partial charge in [0.25, 0.3) is 0 Å². The molecule has 1 aliphatic carbocycles. The second-order valence-electron chi connectivity index (χ2n) is 2.11. The van der Waals surface area contributed by atoms with Gasteiger partial charge in [-0.2, -0.15) is 0 Å². The average molecular weight is 105 g/mol. The molecule has 0 heterocycles. The van der Waals surface area contributed by atoms with Gasteiger partial charge in [0.1, 0.15) is 0 Å². The van der Waals surface area contributed by atoms with Gasteiger partial charge >= 0.3 is 0 Å². The van der Waals surface area contributed by atoms with Crippen LogP contribution in [0, 0.1) is 12.3 Å². The average Bonchev–Trinajstić information content (AvgIpc) is 2.19. The highest BCUT2D eigenvalue weighted by molar-refractivity contribution is 5.12. The van der Waals surface area contributed by atoms with Crippen LogP contribution in [0.25, 0.3) is 0 Å². The summed E-state index contributed by atoms with van der Waals surface area (Å²) in [6.45, 7) is 0. The second kappa shape index (κ2) is 2.57. The Morgan fingerprint density at radius 2 is 2.62 bits per heavy atom. The summed E-state index contributed by atoms with van der Waals surface area (Å²) in [6.07, 6.45) is 13.4. The maximum atomic E-state index is 6.68. The maximum absolute atomic E-state index is 6.68. The highest BCUT2D eigenvalue weighted by Gasteiger charge is 2.00. The van der Waals surface area contributed by atoms with E-state index in [0.29, 0.717) is 0 Å². The van der Waals surface area contributed by atoms with Crippen LogP contribution in [0.2, 0.25) is 0 Å². The number of hydrogen-bond acceptors (Lipinski definition) is 0. The van der Waals surface area contributed by atoms with E-state index in [2.05, 4.69) is 12.0 Å². The fourth-order valence-electron chi connectivity index (χ4n) is 1.01. The molecule has 0 saturated carbocycles. The predicted octanol–water partition coefficient (Wildman–Crippen LogP) is 2.08. The molecule has 0 spiro atoms. The van der Waals surface area contributed by atoms with E-state index in [4.69, 9.17) is 6.42 Å². The van der Waals surface area contributed by atoms with Crippen LogP contribution in [0.5, 0.6) is 0 Å². The monoisotopic (exact) mass is 105 g/mol. The van der Waals surface area contributed by atoms with Crippen LogP contribution in [0.15, 0.2) is 11.6 Å². The topological polar surface area (TPSA) is 0 Å². The largest absolute Gasteiger partial charge is 0.0847 e. The van der Waals surface area contributed by atoms with Crippen LogP contribution in [0.4, 0.5) is 0 Å². The van der Waals surface area contributed by atoms with Crippen molar-refractivity contribution in [1.29, 1.82) is 0 Å². The third-order valence-electron chi connectivity index (χ3n) is 1.45. The standard InChI is InChI=1S/C8H9/c1-2-5-8-6-3-4-7-8/h6H,3-5,7H2. The first kappa shape index (κ1) is 5.44. The Kier molecular flexibility index (Phi) is 1.75. The van der Waals surface area contributed by atoms with Crippen molar-refractivity contribution in [3.05, 3.63) is 18.1 Å². The van der Waals surface area contributed by atoms with Crippen LogP contribution in [-0.2, 0) is 0 Å². The van der Waals surface area contributed by atoms with Gasteiger partial charge in [-0.3, -0.25) is 0 Å². The van der Waals surface area contributed by atoms with Crippen LogP contribution in [0.3, 0.4) is 0 Å². The molecular weight excluding hydrogens is 96.1 g/mol. The van der Waals surface area contributed by atoms with Crippen LogP contribution >= 0.6 is 0 Å². The normalized spacial score (nSPS) is 17.6. The minimum Gasteiger partial charge on any atom is -0.0847 e. The highest BCUT2D eigenvalue weighted by atomic mass is 14.1. The molecule has 1 radical (unpaired) electrons. The minimum absolute atomic E-state index is 0.764. The zero-order valence-corrected chi connectivity index (χ0v) is 4.91. The summed E-state index contributed by atoms with van der Waals surface area (Å²) in [5.74, 6) is 2.39. The van der Waals surface area contributed by atoms with Crippen molar-refractivity contribution >= 4 is 0 Å². The van der Waals surface area contributed by atoms with Crippen molar-refractivity contribution in [2.24, 2.45) is 0 Å². The van der Waals surface area contributed by atoms with Crippen molar-refractivity contribution < 1.29 is 0 Å². The molecule has 0 aliphatic heterocycles. The quantitative estimate of drug-likeness (QED) is 0.354. The lowest BCUT2D eigenvalue weighted by atomic mass is 10.2. The predicted molar refractivity (Wildman–Crippen MR) is 33.7 cm³/mol. The molecule has 1 aliphatic rings. The summed E-state index contributed by atoms with van der Waals surface area (Å²) in [5, 5.41) is 0. The summed E-state index contributed by atoms with van der Waals surface area (Å²) in [6, 6.07) is 0. The van der Waals surface area contributed by atoms with Gasteiger partial charge in [0.2, 0.25) is 0 Å². The van der Waals surface area contributed by atoms with Gasteiger partial charge in [0, 0.05) is 6.42 Å². The summed E-state index contributed by atoms with van der Waals surface area (Å²) in [4.78, 5) is 0. The molecule has 0 nitrogen and oxygen atoms in total. The first-order valence-corrected chi connectivity index (χ1v) is 3.01. The Labute approximate surface area is 50.6 Å². The van der Waals surface area contributed by atoms with Crippen molar-refractivity contribution in [2.75, 3.05) is 0 Å². The molecule has 0 unspecified atom stereocenters. The van der Waals surface area contributed by atoms with Gasteiger partial charge in [0.15, 0.2) is 0 Å². The summed E-state index contributed by atoms with van der Waals surface area (Å²) < 4.78 is 0. The van der Waals surface area contributed by atoms with E-state index < -0.39 is 0 Å². The lowest BCUT2D eigenvalue weighted by Crippen LogP contribution is -1.71. The third kappa shape index (κ3) is 1.13. The molecule has 0 aromatic rings. The van der Waals surface area contributed by atoms with Gasteiger partial charge in [-0.15, -0.1) is 0 Å². The lowest BCUT2D eigenvalue weighted by Gasteiger charge is -1.88. The Morgan fingerprint density at radius 1 is 1.75 bits per heavy atom. The number of rotatable bonds is 1. The molecule has 1 rings (SSSR count). The molecular formula is C8H9. The molecule has 8 heavy (non-hydrogen) atoms. The van der Waals surface area contributed by atoms with Crippen molar-refractivity contribution in [3.63, 3.8) is 0 Å². The molecule has 0 aromatic heterocycles. The van der Waals surface area contributed by atoms with Crippen LogP contribution in [-0.4, -0.2) is 0 Å². The Morgan fingerprint density at radius 3 is 3.12 bits per heavy atom. The van der Waals surface area contributed by atoms with E-state index in [1.165, 1.54) is 24.8 Å². The third-order valence-corrected chi connectivity index (χ3v) is 1.45. The lowest BCUT2D eigenvalue weighted by molar-refractivity contribution is 0.896. The number of allylic oxidation sites excluding steroid dienone is 2. The summed E-state index contributed by atoms with van der Waals surface area (Å²) >= 11 is 0. The number of hydrogen-bond donors (Lipinski definition) is 0. The van der Waals surface area contributed by atoms with Crippen LogP contribution in [0.1, 0.15) is 25.7 Å². The molecule has 0 atom stereocenters. The van der Waals surface area contributed by atoms with E-state index in [-0.39, 0.29) is 0 Å². The SMILES string of the molecule is [C]#CCC1=CCCC1. The summed E-state index contributed by atoms with van der Waals surface area (Å²) in [7, 11) is 0. The first-order valence-electron chi connectivity index (χ1n) is 3.01. The zero-order chi connectivity index (χ0) is 5.82. The fourth-order valence-corrected chi connectivity index (χ4v) is 1.01. The fraction of sp³-hybridized carbons (Fsp3) is 0.500. The summed E-state index contributed by atoms with van der Waals surface area (Å²) in [5.41, 5.74) is 1.40. The molecule has 0 N–H and O–H groups in total. The zero-order valence-electron chi connectivity index (χ0n) is 4.91. The minimum atomic E-state index is 0.764. The Balaban J connectivity index is 2.36. The molecule has 0 amide bonds. The Bertz CT molecular complexity index is 135. The van der Waals surface area contributed by atoms with E-state index in [9.17, 15) is 0 Å². The maximum Gasteiger partial charge on any atom is 0.0309 e. The highest BCUT2D eigenvalue weighted by Crippen LogP contribution is 2.19. The van der Waals surface area contributed by atoms with E-state index in [0.717, 1.165) is 6.42 Å². The first-order chi connectivity index (χ1) is 3.93. The van der Waals surface area contributed by atoms with Crippen molar-refractivity contribution in [1.82, 2.24) is 0 Å². The molecule has 0 aromatic carbocycles. The van der Waals surface area contributed by atoms with E-state index in [1.807, 2.05) is 0 Å². The van der Waals surface area contributed by atoms with Gasteiger partial charge < -0.3 is 0 Å². The molecule has 41 valence electrons. The van der Waals surface area contributed by atoms with Gasteiger partial charge in [-0.25, -0.2) is 0 Å². The van der Waals surface area contributed by atoms with Crippen molar-refractivity contribution in [3.8, 4) is 5.92 Å². The molecule has 0 saturated heterocycles. The second-order valence-corrected chi connectivity index (χ2v) is 2.11. The molecule has 0 heteroatoms. The van der Waals surface area contributed by atoms with Gasteiger partial charge in [-0.05, 0) is 25.7 Å². The van der Waals surface area contributed by atoms with Gasteiger partial charge in [0.05, 0.1) is 0 Å². The van der Waals surface area contributed by atoms with E-state index in [1.54, 1.807) is 0 Å². The smallest absolute Gasteiger partial charge is 0.0309 e. The van der Waals surface area contributed by atoms with Crippen LogP contribution < -0.4 is 0 Å².